The molecule has 2 aromatic carbocycles. The molecule has 1 aliphatic rings. The van der Waals surface area contributed by atoms with Gasteiger partial charge in [-0.3, -0.25) is 19.8 Å². The Bertz CT molecular complexity index is 885. The number of carbonyl (C=O) groups excluding carboxylic acids is 1. The second-order valence-corrected chi connectivity index (χ2v) is 7.08. The third-order valence-electron chi connectivity index (χ3n) is 4.92. The number of benzene rings is 2. The van der Waals surface area contributed by atoms with Crippen molar-refractivity contribution in [3.63, 3.8) is 0 Å². The molecule has 0 spiro atoms. The maximum Gasteiger partial charge on any atom is 0.270 e. The van der Waals surface area contributed by atoms with Crippen molar-refractivity contribution in [2.24, 2.45) is 0 Å². The number of para-hydroxylation sites is 2. The topological polar surface area (TPSA) is 88.0 Å². The first-order chi connectivity index (χ1) is 14.0. The van der Waals surface area contributed by atoms with Gasteiger partial charge in [0.25, 0.3) is 11.6 Å². The fraction of sp³-hybridized carbons (Fsp3) is 0.350. The van der Waals surface area contributed by atoms with E-state index in [1.807, 2.05) is 18.2 Å². The number of methoxy groups -OCH3 is 1. The Balaban J connectivity index is 1.46. The zero-order chi connectivity index (χ0) is 20.8. The summed E-state index contributed by atoms with van der Waals surface area (Å²) in [4.78, 5) is 27.1. The van der Waals surface area contributed by atoms with Gasteiger partial charge in [-0.05, 0) is 18.2 Å². The van der Waals surface area contributed by atoms with Gasteiger partial charge in [0, 0.05) is 51.4 Å². The molecule has 9 heteroatoms. The molecule has 0 aliphatic carbocycles. The third-order valence-corrected chi connectivity index (χ3v) is 5.23. The average Bonchev–Trinajstić information content (AvgIpc) is 2.74. The van der Waals surface area contributed by atoms with Gasteiger partial charge in [0.2, 0.25) is 0 Å². The first kappa shape index (κ1) is 20.9. The molecule has 0 radical (unpaired) electrons. The number of rotatable bonds is 7. The molecule has 0 atom stereocenters. The van der Waals surface area contributed by atoms with E-state index in [-0.39, 0.29) is 22.2 Å². The van der Waals surface area contributed by atoms with E-state index >= 15 is 0 Å². The van der Waals surface area contributed by atoms with Crippen molar-refractivity contribution in [1.82, 2.24) is 10.2 Å². The Morgan fingerprint density at radius 3 is 2.59 bits per heavy atom. The standard InChI is InChI=1S/C20H23ClN4O4/c1-29-19-5-3-2-4-18(19)24-12-10-23(11-13-24)9-8-22-20(26)16-7-6-15(25(27)28)14-17(16)21/h2-7,14H,8-13H2,1H3,(H,22,26). The van der Waals surface area contributed by atoms with E-state index in [1.165, 1.54) is 18.2 Å². The number of ether oxygens (including phenoxy) is 1. The molecule has 154 valence electrons. The van der Waals surface area contributed by atoms with Crippen LogP contribution in [0.2, 0.25) is 5.02 Å². The number of hydrogen-bond acceptors (Lipinski definition) is 6. The lowest BCUT2D eigenvalue weighted by molar-refractivity contribution is -0.384. The summed E-state index contributed by atoms with van der Waals surface area (Å²) in [5, 5.41) is 13.7. The highest BCUT2D eigenvalue weighted by Gasteiger charge is 2.20. The highest BCUT2D eigenvalue weighted by Crippen LogP contribution is 2.28. The minimum absolute atomic E-state index is 0.0714. The fourth-order valence-electron chi connectivity index (χ4n) is 3.33. The number of hydrogen-bond donors (Lipinski definition) is 1. The van der Waals surface area contributed by atoms with Crippen molar-refractivity contribution in [2.45, 2.75) is 0 Å². The number of amides is 1. The predicted octanol–water partition coefficient (Wildman–Crippen LogP) is 2.81. The number of piperazine rings is 1. The van der Waals surface area contributed by atoms with Crippen LogP contribution in [-0.4, -0.2) is 62.1 Å². The van der Waals surface area contributed by atoms with Gasteiger partial charge in [-0.2, -0.15) is 0 Å². The van der Waals surface area contributed by atoms with E-state index in [1.54, 1.807) is 7.11 Å². The lowest BCUT2D eigenvalue weighted by atomic mass is 10.2. The molecule has 1 aliphatic heterocycles. The lowest BCUT2D eigenvalue weighted by Gasteiger charge is -2.36. The van der Waals surface area contributed by atoms with E-state index < -0.39 is 4.92 Å². The highest BCUT2D eigenvalue weighted by molar-refractivity contribution is 6.34. The Hall–Kier alpha value is -2.84. The van der Waals surface area contributed by atoms with Gasteiger partial charge < -0.3 is 15.0 Å². The summed E-state index contributed by atoms with van der Waals surface area (Å²) in [5.41, 5.74) is 1.19. The quantitative estimate of drug-likeness (QED) is 0.549. The molecule has 0 saturated carbocycles. The normalized spacial score (nSPS) is 14.5. The molecule has 0 unspecified atom stereocenters. The molecular formula is C20H23ClN4O4. The van der Waals surface area contributed by atoms with Gasteiger partial charge in [-0.15, -0.1) is 0 Å². The first-order valence-electron chi connectivity index (χ1n) is 9.32. The van der Waals surface area contributed by atoms with Crippen LogP contribution in [0, 0.1) is 10.1 Å². The van der Waals surface area contributed by atoms with Gasteiger partial charge >= 0.3 is 0 Å². The van der Waals surface area contributed by atoms with Crippen molar-refractivity contribution < 1.29 is 14.5 Å². The molecule has 0 aromatic heterocycles. The molecule has 0 bridgehead atoms. The van der Waals surface area contributed by atoms with Crippen LogP contribution in [0.5, 0.6) is 5.75 Å². The molecule has 1 saturated heterocycles. The van der Waals surface area contributed by atoms with Crippen LogP contribution in [0.15, 0.2) is 42.5 Å². The molecule has 1 N–H and O–H groups in total. The van der Waals surface area contributed by atoms with E-state index in [4.69, 9.17) is 16.3 Å². The largest absolute Gasteiger partial charge is 0.495 e. The molecule has 29 heavy (non-hydrogen) atoms. The number of anilines is 1. The molecule has 2 aromatic rings. The monoisotopic (exact) mass is 418 g/mol. The smallest absolute Gasteiger partial charge is 0.270 e. The van der Waals surface area contributed by atoms with Crippen LogP contribution >= 0.6 is 11.6 Å². The van der Waals surface area contributed by atoms with Crippen LogP contribution in [0.25, 0.3) is 0 Å². The maximum absolute atomic E-state index is 12.3. The number of nitrogens with one attached hydrogen (secondary N) is 1. The van der Waals surface area contributed by atoms with Crippen molar-refractivity contribution in [3.05, 3.63) is 63.2 Å². The maximum atomic E-state index is 12.3. The summed E-state index contributed by atoms with van der Waals surface area (Å²) in [7, 11) is 1.68. The second-order valence-electron chi connectivity index (χ2n) is 6.68. The Morgan fingerprint density at radius 1 is 1.21 bits per heavy atom. The van der Waals surface area contributed by atoms with Gasteiger partial charge in [0.1, 0.15) is 5.75 Å². The fourth-order valence-corrected chi connectivity index (χ4v) is 3.59. The molecular weight excluding hydrogens is 396 g/mol. The van der Waals surface area contributed by atoms with Gasteiger partial charge in [0.05, 0.1) is 28.3 Å². The van der Waals surface area contributed by atoms with Crippen LogP contribution < -0.4 is 15.0 Å². The van der Waals surface area contributed by atoms with Crippen molar-refractivity contribution >= 4 is 28.9 Å². The Morgan fingerprint density at radius 2 is 1.93 bits per heavy atom. The predicted molar refractivity (Wildman–Crippen MR) is 112 cm³/mol. The summed E-state index contributed by atoms with van der Waals surface area (Å²) in [5.74, 6) is 0.533. The van der Waals surface area contributed by atoms with Crippen molar-refractivity contribution in [2.75, 3.05) is 51.3 Å². The summed E-state index contributed by atoms with van der Waals surface area (Å²) in [6, 6.07) is 11.8. The van der Waals surface area contributed by atoms with Gasteiger partial charge in [0.15, 0.2) is 0 Å². The number of carbonyl (C=O) groups is 1. The number of nitro benzene ring substituents is 1. The first-order valence-corrected chi connectivity index (χ1v) is 9.70. The molecule has 3 rings (SSSR count). The summed E-state index contributed by atoms with van der Waals surface area (Å²) < 4.78 is 5.44. The zero-order valence-corrected chi connectivity index (χ0v) is 16.9. The molecule has 1 amide bonds. The minimum atomic E-state index is -0.543. The van der Waals surface area contributed by atoms with E-state index in [0.29, 0.717) is 6.54 Å². The van der Waals surface area contributed by atoms with Crippen molar-refractivity contribution in [3.8, 4) is 5.75 Å². The minimum Gasteiger partial charge on any atom is -0.495 e. The zero-order valence-electron chi connectivity index (χ0n) is 16.1. The van der Waals surface area contributed by atoms with Crippen LogP contribution in [0.1, 0.15) is 10.4 Å². The van der Waals surface area contributed by atoms with E-state index in [9.17, 15) is 14.9 Å². The molecule has 8 nitrogen and oxygen atoms in total. The summed E-state index contributed by atoms with van der Waals surface area (Å²) >= 11 is 6.00. The van der Waals surface area contributed by atoms with Gasteiger partial charge in [-0.25, -0.2) is 0 Å². The van der Waals surface area contributed by atoms with Crippen LogP contribution in [0.4, 0.5) is 11.4 Å². The van der Waals surface area contributed by atoms with Crippen LogP contribution in [0.3, 0.4) is 0 Å². The van der Waals surface area contributed by atoms with E-state index in [2.05, 4.69) is 21.2 Å². The number of nitro groups is 1. The average molecular weight is 419 g/mol. The Labute approximate surface area is 174 Å². The van der Waals surface area contributed by atoms with E-state index in [0.717, 1.165) is 44.2 Å². The summed E-state index contributed by atoms with van der Waals surface area (Å²) in [6.07, 6.45) is 0. The third kappa shape index (κ3) is 5.16. The highest BCUT2D eigenvalue weighted by atomic mass is 35.5. The second kappa shape index (κ2) is 9.58. The SMILES string of the molecule is COc1ccccc1N1CCN(CCNC(=O)c2ccc([N+](=O)[O-])cc2Cl)CC1. The lowest BCUT2D eigenvalue weighted by Crippen LogP contribution is -2.48. The van der Waals surface area contributed by atoms with Crippen LogP contribution in [-0.2, 0) is 0 Å². The molecule has 1 fully saturated rings. The van der Waals surface area contributed by atoms with Gasteiger partial charge in [-0.1, -0.05) is 23.7 Å². The number of nitrogens with zero attached hydrogens (tertiary/aromatic N) is 3. The number of non-ortho nitro benzene ring substituents is 1. The summed E-state index contributed by atoms with van der Waals surface area (Å²) in [6.45, 7) is 4.71. The molecule has 1 heterocycles. The number of halogens is 1. The van der Waals surface area contributed by atoms with Crippen molar-refractivity contribution in [1.29, 1.82) is 0 Å². The Kier molecular flexibility index (Phi) is 6.90.